The largest absolute Gasteiger partial charge is 0.479 e. The lowest BCUT2D eigenvalue weighted by molar-refractivity contribution is -0.151. The van der Waals surface area contributed by atoms with Crippen LogP contribution in [-0.2, 0) is 16.1 Å². The van der Waals surface area contributed by atoms with E-state index < -0.39 is 12.1 Å². The van der Waals surface area contributed by atoms with Gasteiger partial charge in [0.15, 0.2) is 6.10 Å². The predicted octanol–water partition coefficient (Wildman–Crippen LogP) is 1.53. The number of benzene rings is 1. The zero-order chi connectivity index (χ0) is 12.3. The zero-order valence-electron chi connectivity index (χ0n) is 9.54. The van der Waals surface area contributed by atoms with E-state index >= 15 is 0 Å². The number of carbonyl (C=O) groups is 1. The summed E-state index contributed by atoms with van der Waals surface area (Å²) in [4.78, 5) is 11.0. The van der Waals surface area contributed by atoms with Gasteiger partial charge in [-0.15, -0.1) is 0 Å². The molecular formula is C12H14N2O3. The van der Waals surface area contributed by atoms with Gasteiger partial charge in [-0.3, -0.25) is 4.68 Å². The van der Waals surface area contributed by atoms with E-state index in [1.165, 1.54) is 0 Å². The van der Waals surface area contributed by atoms with Crippen molar-refractivity contribution in [1.82, 2.24) is 9.78 Å². The molecule has 0 radical (unpaired) electrons. The van der Waals surface area contributed by atoms with E-state index in [0.29, 0.717) is 6.61 Å². The van der Waals surface area contributed by atoms with Crippen LogP contribution in [0.4, 0.5) is 0 Å². The van der Waals surface area contributed by atoms with E-state index in [2.05, 4.69) is 5.10 Å². The van der Waals surface area contributed by atoms with Crippen molar-refractivity contribution in [3.63, 3.8) is 0 Å². The Kier molecular flexibility index (Phi) is 3.39. The van der Waals surface area contributed by atoms with Gasteiger partial charge in [0, 0.05) is 12.0 Å². The first kappa shape index (κ1) is 11.6. The topological polar surface area (TPSA) is 64.4 Å². The molecule has 90 valence electrons. The monoisotopic (exact) mass is 234 g/mol. The minimum atomic E-state index is -0.966. The Labute approximate surface area is 98.6 Å². The van der Waals surface area contributed by atoms with Crippen molar-refractivity contribution in [2.45, 2.75) is 19.6 Å². The van der Waals surface area contributed by atoms with Crippen LogP contribution in [0.15, 0.2) is 30.5 Å². The molecule has 1 N–H and O–H groups in total. The lowest BCUT2D eigenvalue weighted by Gasteiger charge is -2.12. The molecule has 5 heteroatoms. The van der Waals surface area contributed by atoms with Gasteiger partial charge in [-0.25, -0.2) is 4.79 Å². The molecule has 0 saturated carbocycles. The maximum absolute atomic E-state index is 11.0. The SMILES string of the molecule is CCOC(Cn1ncc2ccccc21)C(=O)O. The Morgan fingerprint density at radius 3 is 3.00 bits per heavy atom. The molecule has 1 aromatic carbocycles. The first-order valence-electron chi connectivity index (χ1n) is 5.47. The quantitative estimate of drug-likeness (QED) is 0.852. The summed E-state index contributed by atoms with van der Waals surface area (Å²) in [5.41, 5.74) is 0.915. The van der Waals surface area contributed by atoms with Crippen molar-refractivity contribution in [3.8, 4) is 0 Å². The summed E-state index contributed by atoms with van der Waals surface area (Å²) in [7, 11) is 0. The Morgan fingerprint density at radius 2 is 2.29 bits per heavy atom. The van der Waals surface area contributed by atoms with Crippen molar-refractivity contribution in [1.29, 1.82) is 0 Å². The number of ether oxygens (including phenoxy) is 1. The summed E-state index contributed by atoms with van der Waals surface area (Å²) in [5, 5.41) is 14.2. The van der Waals surface area contributed by atoms with Crippen LogP contribution in [-0.4, -0.2) is 33.6 Å². The van der Waals surface area contributed by atoms with Crippen LogP contribution in [0.3, 0.4) is 0 Å². The van der Waals surface area contributed by atoms with Crippen molar-refractivity contribution >= 4 is 16.9 Å². The van der Waals surface area contributed by atoms with Gasteiger partial charge in [-0.2, -0.15) is 5.10 Å². The highest BCUT2D eigenvalue weighted by Gasteiger charge is 2.19. The fourth-order valence-electron chi connectivity index (χ4n) is 1.73. The minimum absolute atomic E-state index is 0.219. The highest BCUT2D eigenvalue weighted by molar-refractivity contribution is 5.78. The number of hydrogen-bond donors (Lipinski definition) is 1. The fourth-order valence-corrected chi connectivity index (χ4v) is 1.73. The van der Waals surface area contributed by atoms with Crippen LogP contribution >= 0.6 is 0 Å². The number of fused-ring (bicyclic) bond motifs is 1. The third-order valence-electron chi connectivity index (χ3n) is 2.53. The predicted molar refractivity (Wildman–Crippen MR) is 62.8 cm³/mol. The van der Waals surface area contributed by atoms with E-state index in [9.17, 15) is 4.79 Å². The maximum Gasteiger partial charge on any atom is 0.334 e. The third kappa shape index (κ3) is 2.45. The molecule has 2 aromatic rings. The summed E-state index contributed by atoms with van der Waals surface area (Å²) in [6, 6.07) is 7.67. The highest BCUT2D eigenvalue weighted by Crippen LogP contribution is 2.13. The Hall–Kier alpha value is -1.88. The van der Waals surface area contributed by atoms with E-state index in [0.717, 1.165) is 10.9 Å². The number of aliphatic carboxylic acids is 1. The smallest absolute Gasteiger partial charge is 0.334 e. The van der Waals surface area contributed by atoms with E-state index in [1.807, 2.05) is 24.3 Å². The molecule has 0 aliphatic carbocycles. The molecule has 0 amide bonds. The van der Waals surface area contributed by atoms with Crippen molar-refractivity contribution in [2.24, 2.45) is 0 Å². The second-order valence-electron chi connectivity index (χ2n) is 3.67. The maximum atomic E-state index is 11.0. The Balaban J connectivity index is 2.25. The van der Waals surface area contributed by atoms with Gasteiger partial charge in [0.05, 0.1) is 18.3 Å². The molecule has 0 saturated heterocycles. The number of para-hydroxylation sites is 1. The average molecular weight is 234 g/mol. The third-order valence-corrected chi connectivity index (χ3v) is 2.53. The molecule has 1 heterocycles. The van der Waals surface area contributed by atoms with E-state index in [1.54, 1.807) is 17.8 Å². The van der Waals surface area contributed by atoms with Crippen LogP contribution in [0.1, 0.15) is 6.92 Å². The first-order valence-corrected chi connectivity index (χ1v) is 5.47. The number of hydrogen-bond acceptors (Lipinski definition) is 3. The Bertz CT molecular complexity index is 521. The average Bonchev–Trinajstić information content (AvgIpc) is 2.72. The van der Waals surface area contributed by atoms with Crippen LogP contribution in [0.25, 0.3) is 10.9 Å². The number of carboxylic acid groups (broad SMARTS) is 1. The fraction of sp³-hybridized carbons (Fsp3) is 0.333. The van der Waals surface area contributed by atoms with E-state index in [4.69, 9.17) is 9.84 Å². The van der Waals surface area contributed by atoms with Gasteiger partial charge in [0.2, 0.25) is 0 Å². The Morgan fingerprint density at radius 1 is 1.53 bits per heavy atom. The van der Waals surface area contributed by atoms with Crippen molar-refractivity contribution in [3.05, 3.63) is 30.5 Å². The second-order valence-corrected chi connectivity index (χ2v) is 3.67. The summed E-state index contributed by atoms with van der Waals surface area (Å²) < 4.78 is 6.82. The molecule has 0 spiro atoms. The highest BCUT2D eigenvalue weighted by atomic mass is 16.5. The molecular weight excluding hydrogens is 220 g/mol. The molecule has 2 rings (SSSR count). The molecule has 1 atom stereocenters. The molecule has 0 aliphatic heterocycles. The van der Waals surface area contributed by atoms with Crippen molar-refractivity contribution < 1.29 is 14.6 Å². The van der Waals surface area contributed by atoms with Crippen LogP contribution in [0, 0.1) is 0 Å². The summed E-state index contributed by atoms with van der Waals surface area (Å²) >= 11 is 0. The van der Waals surface area contributed by atoms with Gasteiger partial charge < -0.3 is 9.84 Å². The lowest BCUT2D eigenvalue weighted by Crippen LogP contribution is -2.29. The molecule has 1 aromatic heterocycles. The summed E-state index contributed by atoms with van der Waals surface area (Å²) in [6.07, 6.45) is 0.864. The van der Waals surface area contributed by atoms with Gasteiger partial charge in [0.1, 0.15) is 0 Å². The minimum Gasteiger partial charge on any atom is -0.479 e. The second kappa shape index (κ2) is 4.97. The zero-order valence-corrected chi connectivity index (χ0v) is 9.54. The first-order chi connectivity index (χ1) is 8.22. The molecule has 0 fully saturated rings. The summed E-state index contributed by atoms with van der Waals surface area (Å²) in [6.45, 7) is 2.37. The normalized spacial score (nSPS) is 12.8. The number of rotatable bonds is 5. The lowest BCUT2D eigenvalue weighted by atomic mass is 10.2. The van der Waals surface area contributed by atoms with Crippen LogP contribution in [0.2, 0.25) is 0 Å². The number of carboxylic acids is 1. The van der Waals surface area contributed by atoms with Gasteiger partial charge >= 0.3 is 5.97 Å². The van der Waals surface area contributed by atoms with Gasteiger partial charge in [-0.1, -0.05) is 18.2 Å². The number of nitrogens with zero attached hydrogens (tertiary/aromatic N) is 2. The van der Waals surface area contributed by atoms with Gasteiger partial charge in [0.25, 0.3) is 0 Å². The van der Waals surface area contributed by atoms with Crippen LogP contribution in [0.5, 0.6) is 0 Å². The molecule has 5 nitrogen and oxygen atoms in total. The molecule has 0 bridgehead atoms. The molecule has 1 unspecified atom stereocenters. The summed E-state index contributed by atoms with van der Waals surface area (Å²) in [5.74, 6) is -0.966. The standard InChI is InChI=1S/C12H14N2O3/c1-2-17-11(12(15)16)8-14-10-6-4-3-5-9(10)7-13-14/h3-7,11H,2,8H2,1H3,(H,15,16). The van der Waals surface area contributed by atoms with Crippen LogP contribution < -0.4 is 0 Å². The number of aromatic nitrogens is 2. The molecule has 17 heavy (non-hydrogen) atoms. The van der Waals surface area contributed by atoms with E-state index in [-0.39, 0.29) is 6.54 Å². The van der Waals surface area contributed by atoms with Crippen molar-refractivity contribution in [2.75, 3.05) is 6.61 Å². The van der Waals surface area contributed by atoms with Gasteiger partial charge in [-0.05, 0) is 13.0 Å². The molecule has 0 aliphatic rings.